The van der Waals surface area contributed by atoms with Gasteiger partial charge < -0.3 is 14.6 Å². The molecule has 0 atom stereocenters. The maximum Gasteiger partial charge on any atom is 0.493 e. The minimum atomic E-state index is -5.50. The number of para-hydroxylation sites is 1. The molecule has 0 aliphatic carbocycles. The Bertz CT molecular complexity index is 1810. The Morgan fingerprint density at radius 2 is 1.49 bits per heavy atom. The van der Waals surface area contributed by atoms with Crippen LogP contribution in [0.25, 0.3) is 10.9 Å². The van der Waals surface area contributed by atoms with E-state index in [1.807, 2.05) is 30.3 Å². The number of carbonyl (C=O) groups is 3. The second-order valence-electron chi connectivity index (χ2n) is 10.2. The van der Waals surface area contributed by atoms with Crippen LogP contribution >= 0.6 is 0 Å². The molecule has 1 aliphatic heterocycles. The van der Waals surface area contributed by atoms with Gasteiger partial charge in [-0.05, 0) is 48.4 Å². The molecule has 5 rings (SSSR count). The van der Waals surface area contributed by atoms with Crippen molar-refractivity contribution in [2.75, 3.05) is 30.6 Å². The summed E-state index contributed by atoms with van der Waals surface area (Å²) in [6, 6.07) is 21.1. The average Bonchev–Trinajstić information content (AvgIpc) is 3.29. The number of alkyl halides is 3. The van der Waals surface area contributed by atoms with Crippen molar-refractivity contribution in [3.05, 3.63) is 102 Å². The third-order valence-corrected chi connectivity index (χ3v) is 8.76. The van der Waals surface area contributed by atoms with Gasteiger partial charge in [0.15, 0.2) is 0 Å². The van der Waals surface area contributed by atoms with Crippen LogP contribution in [0.2, 0.25) is 0 Å². The molecule has 14 heteroatoms. The third kappa shape index (κ3) is 7.06. The predicted octanol–water partition coefficient (Wildman–Crippen LogP) is 4.37. The van der Waals surface area contributed by atoms with Crippen molar-refractivity contribution in [2.45, 2.75) is 23.9 Å². The number of nitrogens with zero attached hydrogens (tertiary/aromatic N) is 4. The van der Waals surface area contributed by atoms with Gasteiger partial charge in [0.2, 0.25) is 5.91 Å². The van der Waals surface area contributed by atoms with Gasteiger partial charge in [0, 0.05) is 43.3 Å². The second-order valence-corrected chi connectivity index (χ2v) is 11.9. The van der Waals surface area contributed by atoms with Crippen molar-refractivity contribution in [3.8, 4) is 0 Å². The summed E-state index contributed by atoms with van der Waals surface area (Å²) in [6.45, 7) is 1.38. The zero-order chi connectivity index (χ0) is 32.2. The van der Waals surface area contributed by atoms with E-state index in [2.05, 4.69) is 9.82 Å². The number of halogens is 3. The molecular formula is C31H27F3N4O6S. The maximum absolute atomic E-state index is 13.6. The van der Waals surface area contributed by atoms with Gasteiger partial charge in [-0.1, -0.05) is 53.0 Å². The molecule has 0 N–H and O–H groups in total. The van der Waals surface area contributed by atoms with Gasteiger partial charge in [0.25, 0.3) is 15.9 Å². The van der Waals surface area contributed by atoms with Crippen LogP contribution in [0.4, 0.5) is 18.9 Å². The fourth-order valence-corrected chi connectivity index (χ4v) is 6.31. The molecule has 234 valence electrons. The molecule has 45 heavy (non-hydrogen) atoms. The summed E-state index contributed by atoms with van der Waals surface area (Å²) in [5.41, 5.74) is 0.505. The second kappa shape index (κ2) is 12.9. The summed E-state index contributed by atoms with van der Waals surface area (Å²) < 4.78 is 66.7. The lowest BCUT2D eigenvalue weighted by Crippen LogP contribution is -2.39. The Morgan fingerprint density at radius 1 is 0.822 bits per heavy atom. The normalized spacial score (nSPS) is 14.1. The number of benzene rings is 3. The van der Waals surface area contributed by atoms with E-state index >= 15 is 0 Å². The van der Waals surface area contributed by atoms with E-state index in [0.29, 0.717) is 31.4 Å². The molecule has 4 aromatic rings. The third-order valence-electron chi connectivity index (χ3n) is 7.15. The molecule has 0 bridgehead atoms. The first-order chi connectivity index (χ1) is 21.4. The minimum Gasteiger partial charge on any atom is -0.341 e. The summed E-state index contributed by atoms with van der Waals surface area (Å²) in [5, 5.41) is 0.388. The summed E-state index contributed by atoms with van der Waals surface area (Å²) >= 11 is 0. The highest BCUT2D eigenvalue weighted by Gasteiger charge is 2.45. The smallest absolute Gasteiger partial charge is 0.341 e. The van der Waals surface area contributed by atoms with Gasteiger partial charge in [0.05, 0.1) is 17.6 Å². The highest BCUT2D eigenvalue weighted by Crippen LogP contribution is 2.30. The zero-order valence-corrected chi connectivity index (χ0v) is 24.5. The number of hydrogen-bond acceptors (Lipinski definition) is 7. The minimum absolute atomic E-state index is 0.0442. The number of anilines is 1. The maximum atomic E-state index is 13.6. The van der Waals surface area contributed by atoms with E-state index in [0.717, 1.165) is 23.8 Å². The molecule has 0 saturated carbocycles. The van der Waals surface area contributed by atoms with E-state index in [1.165, 1.54) is 24.4 Å². The number of sulfonamides is 1. The van der Waals surface area contributed by atoms with E-state index in [4.69, 9.17) is 0 Å². The molecule has 1 saturated heterocycles. The lowest BCUT2D eigenvalue weighted by atomic mass is 10.1. The van der Waals surface area contributed by atoms with E-state index in [1.54, 1.807) is 28.0 Å². The zero-order valence-electron chi connectivity index (χ0n) is 23.7. The largest absolute Gasteiger partial charge is 0.493 e. The highest BCUT2D eigenvalue weighted by atomic mass is 32.2. The van der Waals surface area contributed by atoms with Crippen LogP contribution < -0.4 is 4.47 Å². The summed E-state index contributed by atoms with van der Waals surface area (Å²) in [5.74, 6) is -3.23. The van der Waals surface area contributed by atoms with Crippen molar-refractivity contribution in [1.29, 1.82) is 0 Å². The number of fused-ring (bicyclic) bond motifs is 1. The van der Waals surface area contributed by atoms with Crippen molar-refractivity contribution >= 4 is 44.4 Å². The van der Waals surface area contributed by atoms with Crippen LogP contribution in [0.15, 0.2) is 96.0 Å². The van der Waals surface area contributed by atoms with Crippen molar-refractivity contribution in [3.63, 3.8) is 0 Å². The standard InChI is InChI=1S/C31H27F3N4O6S/c32-31(33,34)30(41)44-38(45(42,43)26-11-4-9-23-10-5-16-35-28(23)26)25-14-12-24(13-15-25)29(40)37-18-6-17-36(19-20-37)27(39)21-22-7-2-1-3-8-22/h1-5,7-16H,6,17-21H2. The van der Waals surface area contributed by atoms with Crippen LogP contribution in [0.1, 0.15) is 22.3 Å². The van der Waals surface area contributed by atoms with Gasteiger partial charge in [0.1, 0.15) is 4.90 Å². The molecule has 0 spiro atoms. The Labute approximate surface area is 256 Å². The first-order valence-corrected chi connectivity index (χ1v) is 15.3. The number of amides is 2. The van der Waals surface area contributed by atoms with Crippen LogP contribution in [0, 0.1) is 0 Å². The number of pyridine rings is 1. The molecular weight excluding hydrogens is 613 g/mol. The first kappa shape index (κ1) is 31.4. The Kier molecular flexibility index (Phi) is 9.04. The van der Waals surface area contributed by atoms with Crippen LogP contribution in [-0.4, -0.2) is 73.3 Å². The number of aromatic nitrogens is 1. The first-order valence-electron chi connectivity index (χ1n) is 13.8. The molecule has 2 heterocycles. The van der Waals surface area contributed by atoms with Crippen LogP contribution in [0.3, 0.4) is 0 Å². The lowest BCUT2D eigenvalue weighted by molar-refractivity contribution is -0.199. The summed E-state index contributed by atoms with van der Waals surface area (Å²) in [7, 11) is -4.94. The summed E-state index contributed by atoms with van der Waals surface area (Å²) in [6.07, 6.45) is -3.41. The topological polar surface area (TPSA) is 117 Å². The van der Waals surface area contributed by atoms with E-state index in [9.17, 15) is 36.0 Å². The number of hydrogen-bond donors (Lipinski definition) is 0. The predicted molar refractivity (Wildman–Crippen MR) is 157 cm³/mol. The number of rotatable bonds is 7. The van der Waals surface area contributed by atoms with Gasteiger partial charge in [-0.3, -0.25) is 14.6 Å². The Morgan fingerprint density at radius 3 is 2.20 bits per heavy atom. The molecule has 0 radical (unpaired) electrons. The van der Waals surface area contributed by atoms with Crippen molar-refractivity contribution < 1.29 is 40.8 Å². The van der Waals surface area contributed by atoms with Gasteiger partial charge in [-0.25, -0.2) is 4.79 Å². The summed E-state index contributed by atoms with van der Waals surface area (Å²) in [4.78, 5) is 49.2. The highest BCUT2D eigenvalue weighted by molar-refractivity contribution is 7.92. The van der Waals surface area contributed by atoms with Crippen LogP contribution in [-0.2, 0) is 30.9 Å². The van der Waals surface area contributed by atoms with Crippen molar-refractivity contribution in [2.24, 2.45) is 0 Å². The van der Waals surface area contributed by atoms with Gasteiger partial charge in [-0.15, -0.1) is 0 Å². The molecule has 10 nitrogen and oxygen atoms in total. The molecule has 2 amide bonds. The average molecular weight is 641 g/mol. The molecule has 1 aliphatic rings. The fourth-order valence-electron chi connectivity index (χ4n) is 4.90. The SMILES string of the molecule is O=C(Cc1ccccc1)N1CCCN(C(=O)c2ccc(N(OC(=O)C(F)(F)F)S(=O)(=O)c3cccc4cccnc34)cc2)CC1. The van der Waals surface area contributed by atoms with Crippen molar-refractivity contribution in [1.82, 2.24) is 14.8 Å². The van der Waals surface area contributed by atoms with Gasteiger partial charge in [-0.2, -0.15) is 21.6 Å². The Balaban J connectivity index is 1.36. The number of carbonyl (C=O) groups excluding carboxylic acids is 3. The Hall–Kier alpha value is -4.98. The molecule has 3 aromatic carbocycles. The molecule has 1 fully saturated rings. The molecule has 0 unspecified atom stereocenters. The van der Waals surface area contributed by atoms with Crippen LogP contribution in [0.5, 0.6) is 0 Å². The lowest BCUT2D eigenvalue weighted by Gasteiger charge is -2.24. The van der Waals surface area contributed by atoms with Gasteiger partial charge >= 0.3 is 12.1 Å². The quantitative estimate of drug-likeness (QED) is 0.276. The monoisotopic (exact) mass is 640 g/mol. The molecule has 1 aromatic heterocycles. The van der Waals surface area contributed by atoms with E-state index < -0.39 is 38.7 Å². The fraction of sp³-hybridized carbons (Fsp3) is 0.226. The van der Waals surface area contributed by atoms with E-state index in [-0.39, 0.29) is 34.4 Å².